The maximum atomic E-state index is 12.4. The molecule has 0 aliphatic heterocycles. The summed E-state index contributed by atoms with van der Waals surface area (Å²) in [7, 11) is 1.49. The van der Waals surface area contributed by atoms with Crippen molar-refractivity contribution < 1.29 is 14.7 Å². The first-order valence-corrected chi connectivity index (χ1v) is 8.15. The lowest BCUT2D eigenvalue weighted by molar-refractivity contribution is 0.0692. The van der Waals surface area contributed by atoms with Crippen molar-refractivity contribution in [3.05, 3.63) is 63.5 Å². The van der Waals surface area contributed by atoms with Crippen LogP contribution in [0.5, 0.6) is 0 Å². The second-order valence-electron chi connectivity index (χ2n) is 5.42. The van der Waals surface area contributed by atoms with Crippen molar-refractivity contribution in [2.24, 2.45) is 7.05 Å². The Morgan fingerprint density at radius 2 is 2.04 bits per heavy atom. The fourth-order valence-corrected chi connectivity index (χ4v) is 2.85. The smallest absolute Gasteiger partial charge is 0.339 e. The minimum Gasteiger partial charge on any atom is -0.478 e. The summed E-state index contributed by atoms with van der Waals surface area (Å²) in [5, 5.41) is 20.8. The second-order valence-corrected chi connectivity index (χ2v) is 6.27. The zero-order valence-electron chi connectivity index (χ0n) is 13.5. The maximum absolute atomic E-state index is 12.4. The van der Waals surface area contributed by atoms with Gasteiger partial charge in [0.15, 0.2) is 5.82 Å². The standard InChI is InChI=1S/C16H13Cl2N5O3/c1-22-14(11(7-19-22)16(25)26)15(24)20-13-4-5-23(21-13)8-9-2-3-10(17)6-12(9)18/h2-7H,8H2,1H3,(H,25,26)(H,20,21,24). The summed E-state index contributed by atoms with van der Waals surface area (Å²) in [6.07, 6.45) is 2.79. The SMILES string of the molecule is Cn1ncc(C(=O)O)c1C(=O)Nc1ccn(Cc2ccc(Cl)cc2Cl)n1. The van der Waals surface area contributed by atoms with Crippen LogP contribution in [0.15, 0.2) is 36.7 Å². The van der Waals surface area contributed by atoms with Crippen molar-refractivity contribution in [2.45, 2.75) is 6.54 Å². The number of amides is 1. The van der Waals surface area contributed by atoms with Crippen molar-refractivity contribution in [1.82, 2.24) is 19.6 Å². The summed E-state index contributed by atoms with van der Waals surface area (Å²) in [6.45, 7) is 0.387. The highest BCUT2D eigenvalue weighted by Gasteiger charge is 2.22. The summed E-state index contributed by atoms with van der Waals surface area (Å²) in [5.74, 6) is -1.57. The third kappa shape index (κ3) is 3.71. The molecule has 0 unspecified atom stereocenters. The third-order valence-electron chi connectivity index (χ3n) is 3.61. The number of carboxylic acid groups (broad SMARTS) is 1. The van der Waals surface area contributed by atoms with Gasteiger partial charge in [-0.1, -0.05) is 29.3 Å². The quantitative estimate of drug-likeness (QED) is 0.693. The van der Waals surface area contributed by atoms with Gasteiger partial charge in [0.25, 0.3) is 5.91 Å². The van der Waals surface area contributed by atoms with Crippen molar-refractivity contribution >= 4 is 40.9 Å². The first-order valence-electron chi connectivity index (χ1n) is 7.39. The van der Waals surface area contributed by atoms with E-state index in [1.807, 2.05) is 0 Å². The van der Waals surface area contributed by atoms with E-state index in [0.717, 1.165) is 11.8 Å². The topological polar surface area (TPSA) is 102 Å². The van der Waals surface area contributed by atoms with Crippen LogP contribution < -0.4 is 5.32 Å². The highest BCUT2D eigenvalue weighted by molar-refractivity contribution is 6.35. The molecule has 0 aliphatic rings. The molecule has 1 aromatic carbocycles. The molecule has 0 saturated carbocycles. The third-order valence-corrected chi connectivity index (χ3v) is 4.20. The molecule has 0 saturated heterocycles. The lowest BCUT2D eigenvalue weighted by Crippen LogP contribution is -2.19. The summed E-state index contributed by atoms with van der Waals surface area (Å²) in [4.78, 5) is 23.5. The largest absolute Gasteiger partial charge is 0.478 e. The molecular weight excluding hydrogens is 381 g/mol. The van der Waals surface area contributed by atoms with Gasteiger partial charge in [-0.2, -0.15) is 10.2 Å². The van der Waals surface area contributed by atoms with E-state index >= 15 is 0 Å². The molecule has 3 aromatic rings. The zero-order valence-corrected chi connectivity index (χ0v) is 15.0. The molecule has 0 bridgehead atoms. The van der Waals surface area contributed by atoms with Gasteiger partial charge in [-0.3, -0.25) is 14.2 Å². The lowest BCUT2D eigenvalue weighted by atomic mass is 10.2. The number of nitrogens with zero attached hydrogens (tertiary/aromatic N) is 4. The van der Waals surface area contributed by atoms with Gasteiger partial charge in [-0.15, -0.1) is 0 Å². The van der Waals surface area contributed by atoms with E-state index < -0.39 is 11.9 Å². The molecule has 0 fully saturated rings. The van der Waals surface area contributed by atoms with Gasteiger partial charge in [0, 0.05) is 29.4 Å². The summed E-state index contributed by atoms with van der Waals surface area (Å²) in [5.41, 5.74) is 0.571. The van der Waals surface area contributed by atoms with Gasteiger partial charge >= 0.3 is 5.97 Å². The molecule has 2 N–H and O–H groups in total. The molecule has 0 radical (unpaired) electrons. The van der Waals surface area contributed by atoms with Crippen LogP contribution in [0.1, 0.15) is 26.4 Å². The van der Waals surface area contributed by atoms with Gasteiger partial charge in [0.05, 0.1) is 12.7 Å². The molecule has 10 heteroatoms. The van der Waals surface area contributed by atoms with Gasteiger partial charge in [0.2, 0.25) is 0 Å². The molecule has 2 heterocycles. The second kappa shape index (κ2) is 7.19. The molecule has 26 heavy (non-hydrogen) atoms. The van der Waals surface area contributed by atoms with Crippen LogP contribution in [0, 0.1) is 0 Å². The van der Waals surface area contributed by atoms with E-state index in [2.05, 4.69) is 15.5 Å². The minimum absolute atomic E-state index is 0.0622. The van der Waals surface area contributed by atoms with Crippen LogP contribution in [0.4, 0.5) is 5.82 Å². The van der Waals surface area contributed by atoms with Crippen LogP contribution in [-0.4, -0.2) is 36.5 Å². The van der Waals surface area contributed by atoms with Gasteiger partial charge in [0.1, 0.15) is 11.3 Å². The van der Waals surface area contributed by atoms with Crippen molar-refractivity contribution in [2.75, 3.05) is 5.32 Å². The Morgan fingerprint density at radius 1 is 1.27 bits per heavy atom. The number of aromatic carboxylic acids is 1. The zero-order chi connectivity index (χ0) is 18.8. The fourth-order valence-electron chi connectivity index (χ4n) is 2.38. The highest BCUT2D eigenvalue weighted by atomic mass is 35.5. The first-order chi connectivity index (χ1) is 12.3. The van der Waals surface area contributed by atoms with Crippen LogP contribution in [0.25, 0.3) is 0 Å². The fraction of sp³-hybridized carbons (Fsp3) is 0.125. The molecule has 8 nitrogen and oxygen atoms in total. The number of hydrogen-bond acceptors (Lipinski definition) is 4. The van der Waals surface area contributed by atoms with Crippen molar-refractivity contribution in [3.63, 3.8) is 0 Å². The van der Waals surface area contributed by atoms with E-state index in [1.54, 1.807) is 35.1 Å². The summed E-state index contributed by atoms with van der Waals surface area (Å²) < 4.78 is 2.79. The maximum Gasteiger partial charge on any atom is 0.339 e. The van der Waals surface area contributed by atoms with Crippen molar-refractivity contribution in [3.8, 4) is 0 Å². The van der Waals surface area contributed by atoms with E-state index in [-0.39, 0.29) is 17.1 Å². The average Bonchev–Trinajstić information content (AvgIpc) is 3.16. The molecular formula is C16H13Cl2N5O3. The molecule has 3 rings (SSSR count). The van der Waals surface area contributed by atoms with Crippen molar-refractivity contribution in [1.29, 1.82) is 0 Å². The predicted molar refractivity (Wildman–Crippen MR) is 95.9 cm³/mol. The molecule has 134 valence electrons. The number of benzene rings is 1. The number of aromatic nitrogens is 4. The number of aryl methyl sites for hydroxylation is 1. The van der Waals surface area contributed by atoms with E-state index in [9.17, 15) is 9.59 Å². The van der Waals surface area contributed by atoms with Gasteiger partial charge in [-0.25, -0.2) is 4.79 Å². The minimum atomic E-state index is -1.23. The highest BCUT2D eigenvalue weighted by Crippen LogP contribution is 2.22. The van der Waals surface area contributed by atoms with Crippen LogP contribution in [0.2, 0.25) is 10.0 Å². The Hall–Kier alpha value is -2.84. The Morgan fingerprint density at radius 3 is 2.73 bits per heavy atom. The Balaban J connectivity index is 1.75. The number of hydrogen-bond donors (Lipinski definition) is 2. The summed E-state index contributed by atoms with van der Waals surface area (Å²) in [6, 6.07) is 6.75. The van der Waals surface area contributed by atoms with Gasteiger partial charge in [-0.05, 0) is 17.7 Å². The normalized spacial score (nSPS) is 10.7. The Labute approximate surface area is 157 Å². The number of nitrogens with one attached hydrogen (secondary N) is 1. The monoisotopic (exact) mass is 393 g/mol. The number of halogens is 2. The Kier molecular flexibility index (Phi) is 4.97. The van der Waals surface area contributed by atoms with E-state index in [4.69, 9.17) is 28.3 Å². The summed E-state index contributed by atoms with van der Waals surface area (Å²) >= 11 is 12.0. The number of carbonyl (C=O) groups is 2. The van der Waals surface area contributed by atoms with Gasteiger partial charge < -0.3 is 10.4 Å². The number of carbonyl (C=O) groups excluding carboxylic acids is 1. The molecule has 0 atom stereocenters. The average molecular weight is 394 g/mol. The van der Waals surface area contributed by atoms with Crippen LogP contribution in [-0.2, 0) is 13.6 Å². The molecule has 0 aliphatic carbocycles. The van der Waals surface area contributed by atoms with E-state index in [1.165, 1.54) is 11.7 Å². The molecule has 2 aromatic heterocycles. The molecule has 0 spiro atoms. The number of rotatable bonds is 5. The van der Waals surface area contributed by atoms with Crippen LogP contribution in [0.3, 0.4) is 0 Å². The molecule has 1 amide bonds. The Bertz CT molecular complexity index is 996. The first kappa shape index (κ1) is 18.0. The lowest BCUT2D eigenvalue weighted by Gasteiger charge is -2.06. The van der Waals surface area contributed by atoms with E-state index in [0.29, 0.717) is 16.6 Å². The predicted octanol–water partition coefficient (Wildman–Crippen LogP) is 2.92. The number of anilines is 1. The van der Waals surface area contributed by atoms with Crippen LogP contribution >= 0.6 is 23.2 Å². The number of carboxylic acids is 1.